The van der Waals surface area contributed by atoms with Crippen LogP contribution in [0.5, 0.6) is 17.4 Å². The van der Waals surface area contributed by atoms with E-state index >= 15 is 0 Å². The molecule has 0 saturated carbocycles. The lowest BCUT2D eigenvalue weighted by molar-refractivity contribution is -0.293. The number of carbonyl (C=O) groups is 1. The van der Waals surface area contributed by atoms with Gasteiger partial charge >= 0.3 is 5.97 Å². The van der Waals surface area contributed by atoms with E-state index in [1.54, 1.807) is 55.6 Å². The van der Waals surface area contributed by atoms with Crippen LogP contribution in [-0.4, -0.2) is 159 Å². The second-order valence-electron chi connectivity index (χ2n) is 19.5. The molecule has 0 spiro atoms. The highest BCUT2D eigenvalue weighted by Crippen LogP contribution is 2.49. The molecular weight excluding hydrogens is 1030 g/mol. The standard InChI is InChI=1S/C57H61ClFN7O10S/c1-5-72-56(70)44-27-38-26-34(6-17-43(38)74-30-40-18-19-60-53(63-40)36-9-14-41(15-10-36)73-31-45-49(67)50(68)51(69)57(71-4)76-45)28-66(25-24-65-22-20-64(3)21-23-65)29-37-11-16-42(33(2)48(37)58)46-47-54(75-44)61-32-62-55(47)77-52(46)35-7-12-39(59)13-8-35/h6-19,26,32,44-45,49-51,57,67-69H,5,20-25,27-31H2,1-4H3/t44-,45-,49-,50+,51+,57+/m1/s1. The Morgan fingerprint density at radius 2 is 1.62 bits per heavy atom. The average molecular weight is 1090 g/mol. The molecule has 6 atom stereocenters. The van der Waals surface area contributed by atoms with Crippen LogP contribution < -0.4 is 14.2 Å². The number of methoxy groups -OCH3 is 1. The predicted octanol–water partition coefficient (Wildman–Crippen LogP) is 7.11. The number of piperazine rings is 1. The Morgan fingerprint density at radius 3 is 2.39 bits per heavy atom. The molecule has 2 fully saturated rings. The van der Waals surface area contributed by atoms with Crippen molar-refractivity contribution in [3.8, 4) is 50.3 Å². The number of benzene rings is 4. The number of esters is 1. The molecular formula is C57H61ClFN7O10S. The van der Waals surface area contributed by atoms with Crippen LogP contribution in [0.15, 0.2) is 97.5 Å². The fourth-order valence-electron chi connectivity index (χ4n) is 9.93. The third-order valence-corrected chi connectivity index (χ3v) is 15.9. The Kier molecular flexibility index (Phi) is 17.0. The zero-order chi connectivity index (χ0) is 53.7. The molecule has 0 radical (unpaired) electrons. The molecule has 17 nitrogen and oxygen atoms in total. The smallest absolute Gasteiger partial charge is 0.347 e. The fraction of sp³-hybridized carbons (Fsp3) is 0.386. The van der Waals surface area contributed by atoms with E-state index in [9.17, 15) is 24.5 Å². The van der Waals surface area contributed by atoms with Gasteiger partial charge in [-0.05, 0) is 103 Å². The van der Waals surface area contributed by atoms with Gasteiger partial charge in [-0.1, -0.05) is 48.0 Å². The molecule has 0 unspecified atom stereocenters. The zero-order valence-corrected chi connectivity index (χ0v) is 44.8. The van der Waals surface area contributed by atoms with Crippen molar-refractivity contribution in [3.63, 3.8) is 0 Å². The number of aliphatic hydroxyl groups is 3. The molecule has 4 aromatic carbocycles. The monoisotopic (exact) mass is 1090 g/mol. The lowest BCUT2D eigenvalue weighted by atomic mass is 9.94. The molecule has 3 N–H and O–H groups in total. The van der Waals surface area contributed by atoms with Gasteiger partial charge in [0.05, 0.1) is 17.7 Å². The molecule has 4 aliphatic heterocycles. The second kappa shape index (κ2) is 24.2. The van der Waals surface area contributed by atoms with Crippen LogP contribution in [0.1, 0.15) is 34.9 Å². The Morgan fingerprint density at radius 1 is 0.857 bits per heavy atom. The van der Waals surface area contributed by atoms with Gasteiger partial charge in [0.2, 0.25) is 12.0 Å². The van der Waals surface area contributed by atoms with Gasteiger partial charge in [-0.2, -0.15) is 0 Å². The summed E-state index contributed by atoms with van der Waals surface area (Å²) in [5.74, 6) is 0.658. The van der Waals surface area contributed by atoms with Crippen molar-refractivity contribution in [2.24, 2.45) is 0 Å². The molecule has 4 aliphatic rings. The summed E-state index contributed by atoms with van der Waals surface area (Å²) in [5, 5.41) is 32.1. The maximum atomic E-state index is 14.4. The van der Waals surface area contributed by atoms with E-state index in [0.717, 1.165) is 77.5 Å². The molecule has 2 saturated heterocycles. The van der Waals surface area contributed by atoms with E-state index in [0.29, 0.717) is 62.5 Å². The molecule has 11 rings (SSSR count). The van der Waals surface area contributed by atoms with Crippen LogP contribution in [0.2, 0.25) is 5.02 Å². The van der Waals surface area contributed by atoms with Crippen molar-refractivity contribution < 1.29 is 52.9 Å². The lowest BCUT2D eigenvalue weighted by Gasteiger charge is -2.39. The quantitative estimate of drug-likeness (QED) is 0.0932. The lowest BCUT2D eigenvalue weighted by Crippen LogP contribution is -2.59. The summed E-state index contributed by atoms with van der Waals surface area (Å²) in [6.45, 7) is 10.6. The first-order valence-electron chi connectivity index (χ1n) is 25.6. The Hall–Kier alpha value is -6.23. The number of halogens is 2. The second-order valence-corrected chi connectivity index (χ2v) is 20.9. The van der Waals surface area contributed by atoms with Gasteiger partial charge in [0, 0.05) is 93.1 Å². The van der Waals surface area contributed by atoms with Crippen LogP contribution in [0.4, 0.5) is 4.39 Å². The van der Waals surface area contributed by atoms with E-state index in [-0.39, 0.29) is 37.9 Å². The van der Waals surface area contributed by atoms with Gasteiger partial charge in [0.25, 0.3) is 0 Å². The van der Waals surface area contributed by atoms with Crippen LogP contribution in [0.3, 0.4) is 0 Å². The average Bonchev–Trinajstić information content (AvgIpc) is 4.01. The van der Waals surface area contributed by atoms with Crippen LogP contribution in [0.25, 0.3) is 43.2 Å². The van der Waals surface area contributed by atoms with Crippen LogP contribution in [0, 0.1) is 12.7 Å². The summed E-state index contributed by atoms with van der Waals surface area (Å²) in [6.07, 6.45) is -4.37. The summed E-state index contributed by atoms with van der Waals surface area (Å²) in [5.41, 5.74) is 7.18. The number of likely N-dealkylation sites (N-methyl/N-ethyl adjacent to an activating group) is 1. The third kappa shape index (κ3) is 12.2. The van der Waals surface area contributed by atoms with Gasteiger partial charge in [-0.3, -0.25) is 9.80 Å². The van der Waals surface area contributed by atoms with Crippen LogP contribution >= 0.6 is 22.9 Å². The third-order valence-electron chi connectivity index (χ3n) is 14.3. The van der Waals surface area contributed by atoms with E-state index in [4.69, 9.17) is 50.0 Å². The normalized spacial score (nSPS) is 21.5. The largest absolute Gasteiger partial charge is 0.491 e. The molecule has 77 heavy (non-hydrogen) atoms. The number of hydrogen-bond donors (Lipinski definition) is 3. The summed E-state index contributed by atoms with van der Waals surface area (Å²) >= 11 is 8.87. The van der Waals surface area contributed by atoms with Crippen molar-refractivity contribution in [2.45, 2.75) is 76.8 Å². The van der Waals surface area contributed by atoms with E-state index in [2.05, 4.69) is 49.9 Å². The summed E-state index contributed by atoms with van der Waals surface area (Å²) in [4.78, 5) is 41.6. The van der Waals surface area contributed by atoms with Gasteiger partial charge in [0.1, 0.15) is 66.1 Å². The number of aromatic nitrogens is 4. The Bertz CT molecular complexity index is 3180. The number of nitrogens with zero attached hydrogens (tertiary/aromatic N) is 7. The molecule has 0 amide bonds. The topological polar surface area (TPSA) is 194 Å². The number of rotatable bonds is 14. The minimum Gasteiger partial charge on any atom is -0.491 e. The highest BCUT2D eigenvalue weighted by Gasteiger charge is 2.44. The zero-order valence-electron chi connectivity index (χ0n) is 43.2. The fourth-order valence-corrected chi connectivity index (χ4v) is 11.3. The van der Waals surface area contributed by atoms with E-state index in [1.165, 1.54) is 36.9 Å². The van der Waals surface area contributed by atoms with Crippen molar-refractivity contribution in [1.82, 2.24) is 34.6 Å². The van der Waals surface area contributed by atoms with Crippen molar-refractivity contribution in [2.75, 3.05) is 66.6 Å². The SMILES string of the molecule is CCOC(=O)[C@H]1Cc2cc(ccc2OCc2ccnc(-c3ccc(OC[C@H]4O[C@H](OC)[C@@H](O)[C@@H](O)[C@@H]4O)cc3)n2)CN(CCN2CCN(C)CC2)Cc2ccc(c(C)c2Cl)-c2c(-c3ccc(F)cc3)sc3ncnc(c23)O1. The number of ether oxygens (including phenoxy) is 6. The first kappa shape index (κ1) is 54.1. The number of carbonyl (C=O) groups excluding carboxylic acids is 1. The summed E-state index contributed by atoms with van der Waals surface area (Å²) < 4.78 is 50.1. The molecule has 20 heteroatoms. The highest BCUT2D eigenvalue weighted by atomic mass is 35.5. The highest BCUT2D eigenvalue weighted by molar-refractivity contribution is 7.22. The molecule has 0 aliphatic carbocycles. The molecule has 7 aromatic rings. The minimum atomic E-state index is -1.46. The first-order valence-corrected chi connectivity index (χ1v) is 26.8. The first-order chi connectivity index (χ1) is 37.3. The molecule has 404 valence electrons. The van der Waals surface area contributed by atoms with Gasteiger partial charge in [-0.25, -0.2) is 29.1 Å². The summed E-state index contributed by atoms with van der Waals surface area (Å²) in [7, 11) is 3.49. The Labute approximate surface area is 454 Å². The minimum absolute atomic E-state index is 0.0578. The van der Waals surface area contributed by atoms with Crippen molar-refractivity contribution in [3.05, 3.63) is 136 Å². The van der Waals surface area contributed by atoms with E-state index < -0.39 is 42.8 Å². The van der Waals surface area contributed by atoms with Gasteiger partial charge in [-0.15, -0.1) is 11.3 Å². The maximum absolute atomic E-state index is 14.4. The summed E-state index contributed by atoms with van der Waals surface area (Å²) in [6, 6.07) is 25.3. The Balaban J connectivity index is 0.971. The number of hydrogen-bond acceptors (Lipinski definition) is 18. The van der Waals surface area contributed by atoms with Crippen molar-refractivity contribution in [1.29, 1.82) is 0 Å². The maximum Gasteiger partial charge on any atom is 0.347 e. The van der Waals surface area contributed by atoms with Crippen molar-refractivity contribution >= 4 is 39.1 Å². The van der Waals surface area contributed by atoms with Crippen LogP contribution in [-0.2, 0) is 45.1 Å². The molecule has 4 bridgehead atoms. The van der Waals surface area contributed by atoms with E-state index in [1.807, 2.05) is 19.1 Å². The molecule has 7 heterocycles. The number of fused-ring (bicyclic) bond motifs is 6. The number of thiophene rings is 1. The van der Waals surface area contributed by atoms with Gasteiger partial charge in [0.15, 0.2) is 12.1 Å². The predicted molar refractivity (Wildman–Crippen MR) is 288 cm³/mol. The van der Waals surface area contributed by atoms with Gasteiger partial charge < -0.3 is 48.6 Å². The molecule has 3 aromatic heterocycles. The number of aliphatic hydroxyl groups excluding tert-OH is 3.